The molecule has 2 amide bonds. The first-order valence-electron chi connectivity index (χ1n) is 8.89. The summed E-state index contributed by atoms with van der Waals surface area (Å²) in [5, 5.41) is 9.98. The van der Waals surface area contributed by atoms with Crippen LogP contribution in [0.25, 0.3) is 0 Å². The molecule has 0 radical (unpaired) electrons. The Kier molecular flexibility index (Phi) is 5.04. The first-order chi connectivity index (χ1) is 12.3. The number of aliphatic hydroxyl groups excluding tert-OH is 1. The lowest BCUT2D eigenvalue weighted by Crippen LogP contribution is -2.73. The summed E-state index contributed by atoms with van der Waals surface area (Å²) < 4.78 is 0. The van der Waals surface area contributed by atoms with Crippen LogP contribution in [-0.2, 0) is 14.4 Å². The van der Waals surface area contributed by atoms with Gasteiger partial charge in [-0.05, 0) is 25.8 Å². The van der Waals surface area contributed by atoms with Crippen molar-refractivity contribution in [3.05, 3.63) is 24.3 Å². The van der Waals surface area contributed by atoms with Gasteiger partial charge in [-0.1, -0.05) is 0 Å². The summed E-state index contributed by atoms with van der Waals surface area (Å²) in [6.45, 7) is 4.06. The lowest BCUT2D eigenvalue weighted by Gasteiger charge is -2.50. The second-order valence-electron chi connectivity index (χ2n) is 7.16. The normalized spacial score (nSPS) is 24.5. The molecule has 1 spiro atoms. The van der Waals surface area contributed by atoms with Crippen LogP contribution < -0.4 is 0 Å². The molecule has 8 heteroatoms. The van der Waals surface area contributed by atoms with Crippen molar-refractivity contribution in [3.63, 3.8) is 0 Å². The van der Waals surface area contributed by atoms with Crippen molar-refractivity contribution in [3.8, 4) is 0 Å². The van der Waals surface area contributed by atoms with Crippen molar-refractivity contribution in [1.29, 1.82) is 0 Å². The summed E-state index contributed by atoms with van der Waals surface area (Å²) >= 11 is 0. The second kappa shape index (κ2) is 7.11. The Morgan fingerprint density at radius 3 is 2.62 bits per heavy atom. The van der Waals surface area contributed by atoms with Gasteiger partial charge in [0.05, 0.1) is 25.1 Å². The van der Waals surface area contributed by atoms with Crippen molar-refractivity contribution in [2.75, 3.05) is 19.6 Å². The van der Waals surface area contributed by atoms with Crippen LogP contribution in [0.4, 0.5) is 0 Å². The van der Waals surface area contributed by atoms with E-state index in [1.807, 2.05) is 0 Å². The SMILES string of the molecule is CC(=O)N1CCCC12CN(CC(=O)C[C@H](c1ncccn1)[C@@H](C)O)C2=O. The lowest BCUT2D eigenvalue weighted by atomic mass is 9.85. The van der Waals surface area contributed by atoms with E-state index in [4.69, 9.17) is 0 Å². The number of Topliss-reactive ketones (excluding diaryl/α,β-unsaturated/α-hetero) is 1. The van der Waals surface area contributed by atoms with E-state index in [0.29, 0.717) is 25.3 Å². The van der Waals surface area contributed by atoms with Crippen LogP contribution in [0.1, 0.15) is 44.9 Å². The molecular formula is C18H24N4O4. The predicted molar refractivity (Wildman–Crippen MR) is 92.0 cm³/mol. The van der Waals surface area contributed by atoms with Gasteiger partial charge in [0.2, 0.25) is 5.91 Å². The van der Waals surface area contributed by atoms with E-state index in [1.54, 1.807) is 30.3 Å². The molecule has 3 heterocycles. The molecule has 2 aliphatic heterocycles. The fraction of sp³-hybridized carbons (Fsp3) is 0.611. The Morgan fingerprint density at radius 2 is 2.04 bits per heavy atom. The predicted octanol–water partition coefficient (Wildman–Crippen LogP) is 0.123. The highest BCUT2D eigenvalue weighted by Crippen LogP contribution is 2.39. The average molecular weight is 360 g/mol. The standard InChI is InChI=1S/C18H24N4O4/c1-12(23)15(16-19-6-4-7-20-16)9-14(25)10-21-11-18(17(21)26)5-3-8-22(18)13(2)24/h4,6-7,12,15,23H,3,5,8-11H2,1-2H3/t12-,15+,18?/m1/s1. The minimum Gasteiger partial charge on any atom is -0.393 e. The summed E-state index contributed by atoms with van der Waals surface area (Å²) in [5.74, 6) is -0.491. The third-order valence-corrected chi connectivity index (χ3v) is 5.32. The Balaban J connectivity index is 1.61. The molecule has 2 saturated heterocycles. The zero-order valence-corrected chi connectivity index (χ0v) is 15.1. The van der Waals surface area contributed by atoms with Crippen LogP contribution in [0.5, 0.6) is 0 Å². The van der Waals surface area contributed by atoms with Gasteiger partial charge < -0.3 is 14.9 Å². The minimum absolute atomic E-state index is 0.0115. The summed E-state index contributed by atoms with van der Waals surface area (Å²) in [4.78, 5) is 48.2. The summed E-state index contributed by atoms with van der Waals surface area (Å²) in [6, 6.07) is 1.67. The molecule has 3 rings (SSSR count). The van der Waals surface area contributed by atoms with Crippen LogP contribution in [-0.4, -0.2) is 73.7 Å². The van der Waals surface area contributed by atoms with E-state index in [9.17, 15) is 19.5 Å². The molecule has 1 aromatic heterocycles. The van der Waals surface area contributed by atoms with Gasteiger partial charge in [-0.15, -0.1) is 0 Å². The number of likely N-dealkylation sites (tertiary alicyclic amines) is 2. The molecule has 0 aromatic carbocycles. The topological polar surface area (TPSA) is 104 Å². The summed E-state index contributed by atoms with van der Waals surface area (Å²) in [7, 11) is 0. The number of amides is 2. The molecule has 26 heavy (non-hydrogen) atoms. The number of hydrogen-bond donors (Lipinski definition) is 1. The monoisotopic (exact) mass is 360 g/mol. The second-order valence-corrected chi connectivity index (χ2v) is 7.16. The van der Waals surface area contributed by atoms with Crippen LogP contribution >= 0.6 is 0 Å². The molecule has 0 saturated carbocycles. The summed E-state index contributed by atoms with van der Waals surface area (Å²) in [6.07, 6.45) is 3.90. The van der Waals surface area contributed by atoms with Crippen molar-refractivity contribution < 1.29 is 19.5 Å². The largest absolute Gasteiger partial charge is 0.393 e. The van der Waals surface area contributed by atoms with Crippen molar-refractivity contribution in [1.82, 2.24) is 19.8 Å². The Bertz CT molecular complexity index is 708. The highest BCUT2D eigenvalue weighted by atomic mass is 16.3. The lowest BCUT2D eigenvalue weighted by molar-refractivity contribution is -0.167. The fourth-order valence-corrected chi connectivity index (χ4v) is 4.01. The van der Waals surface area contributed by atoms with Gasteiger partial charge in [0.15, 0.2) is 5.78 Å². The van der Waals surface area contributed by atoms with Crippen LogP contribution in [0.3, 0.4) is 0 Å². The first kappa shape index (κ1) is 18.4. The van der Waals surface area contributed by atoms with Gasteiger partial charge >= 0.3 is 0 Å². The van der Waals surface area contributed by atoms with E-state index in [1.165, 1.54) is 11.8 Å². The number of β-lactam (4-membered cyclic amide) rings is 1. The number of aliphatic hydroxyl groups is 1. The number of ketones is 1. The van der Waals surface area contributed by atoms with Crippen LogP contribution in [0, 0.1) is 0 Å². The number of aromatic nitrogens is 2. The van der Waals surface area contributed by atoms with Gasteiger partial charge in [0.25, 0.3) is 5.91 Å². The minimum atomic E-state index is -0.775. The molecule has 1 unspecified atom stereocenters. The molecule has 0 aliphatic carbocycles. The van der Waals surface area contributed by atoms with Gasteiger partial charge in [-0.25, -0.2) is 9.97 Å². The van der Waals surface area contributed by atoms with Crippen molar-refractivity contribution in [2.45, 2.75) is 50.7 Å². The molecule has 140 valence electrons. The van der Waals surface area contributed by atoms with Crippen LogP contribution in [0.15, 0.2) is 18.5 Å². The van der Waals surface area contributed by atoms with Crippen molar-refractivity contribution in [2.24, 2.45) is 0 Å². The number of carbonyl (C=O) groups excluding carboxylic acids is 3. The van der Waals surface area contributed by atoms with Crippen LogP contribution in [0.2, 0.25) is 0 Å². The highest BCUT2D eigenvalue weighted by molar-refractivity contribution is 5.99. The maximum atomic E-state index is 12.6. The molecule has 2 fully saturated rings. The van der Waals surface area contributed by atoms with Gasteiger partial charge in [-0.3, -0.25) is 14.4 Å². The van der Waals surface area contributed by atoms with Gasteiger partial charge in [0, 0.05) is 32.3 Å². The molecule has 3 atom stereocenters. The van der Waals surface area contributed by atoms with E-state index in [2.05, 4.69) is 9.97 Å². The van der Waals surface area contributed by atoms with Crippen molar-refractivity contribution >= 4 is 17.6 Å². The number of carbonyl (C=O) groups is 3. The quantitative estimate of drug-likeness (QED) is 0.723. The molecule has 1 N–H and O–H groups in total. The molecule has 1 aromatic rings. The number of nitrogens with zero attached hydrogens (tertiary/aromatic N) is 4. The number of rotatable bonds is 6. The fourth-order valence-electron chi connectivity index (χ4n) is 4.01. The average Bonchev–Trinajstić information content (AvgIpc) is 3.06. The maximum absolute atomic E-state index is 12.6. The van der Waals surface area contributed by atoms with E-state index in [-0.39, 0.29) is 30.6 Å². The third kappa shape index (κ3) is 3.21. The summed E-state index contributed by atoms with van der Waals surface area (Å²) in [5.41, 5.74) is -0.738. The van der Waals surface area contributed by atoms with Gasteiger partial charge in [-0.2, -0.15) is 0 Å². The Morgan fingerprint density at radius 1 is 1.35 bits per heavy atom. The molecule has 0 bridgehead atoms. The molecule has 2 aliphatic rings. The zero-order chi connectivity index (χ0) is 18.9. The van der Waals surface area contributed by atoms with E-state index >= 15 is 0 Å². The van der Waals surface area contributed by atoms with Gasteiger partial charge in [0.1, 0.15) is 11.4 Å². The maximum Gasteiger partial charge on any atom is 0.250 e. The Labute approximate surface area is 152 Å². The smallest absolute Gasteiger partial charge is 0.250 e. The van der Waals surface area contributed by atoms with E-state index in [0.717, 1.165) is 6.42 Å². The Hall–Kier alpha value is -2.35. The zero-order valence-electron chi connectivity index (χ0n) is 15.1. The van der Waals surface area contributed by atoms with E-state index < -0.39 is 17.6 Å². The first-order valence-corrected chi connectivity index (χ1v) is 8.89. The number of hydrogen-bond acceptors (Lipinski definition) is 6. The third-order valence-electron chi connectivity index (χ3n) is 5.32. The highest BCUT2D eigenvalue weighted by Gasteiger charge is 2.59. The molecule has 8 nitrogen and oxygen atoms in total. The molecular weight excluding hydrogens is 336 g/mol.